The van der Waals surface area contributed by atoms with Crippen LogP contribution < -0.4 is 5.56 Å². The van der Waals surface area contributed by atoms with E-state index in [0.29, 0.717) is 21.6 Å². The number of carbonyl (C=O) groups excluding carboxylic acids is 1. The minimum Gasteiger partial charge on any atom is -0.477 e. The predicted octanol–water partition coefficient (Wildman–Crippen LogP) is 3.64. The summed E-state index contributed by atoms with van der Waals surface area (Å²) in [6, 6.07) is 18.1. The first-order valence-electron chi connectivity index (χ1n) is 12.6. The second-order valence-corrected chi connectivity index (χ2v) is 10.8. The number of carboxylic acids is 1. The molecule has 2 aliphatic rings. The molecule has 2 atom stereocenters. The van der Waals surface area contributed by atoms with Crippen molar-refractivity contribution in [1.82, 2.24) is 14.5 Å². The van der Waals surface area contributed by atoms with Crippen LogP contribution in [0.3, 0.4) is 0 Å². The Morgan fingerprint density at radius 1 is 1.12 bits per heavy atom. The number of rotatable bonds is 5. The molecular weight excluding hydrogens is 534 g/mol. The summed E-state index contributed by atoms with van der Waals surface area (Å²) in [4.78, 5) is 48.8. The van der Waals surface area contributed by atoms with Gasteiger partial charge in [0.25, 0.3) is 5.56 Å². The second-order valence-electron chi connectivity index (χ2n) is 9.80. The van der Waals surface area contributed by atoms with Crippen LogP contribution in [0.25, 0.3) is 32.5 Å². The molecule has 0 spiro atoms. The largest absolute Gasteiger partial charge is 0.477 e. The van der Waals surface area contributed by atoms with E-state index in [0.717, 1.165) is 27.8 Å². The molecule has 40 heavy (non-hydrogen) atoms. The summed E-state index contributed by atoms with van der Waals surface area (Å²) in [6.07, 6.45) is -0.125. The van der Waals surface area contributed by atoms with Gasteiger partial charge in [0, 0.05) is 16.5 Å². The van der Waals surface area contributed by atoms with Gasteiger partial charge >= 0.3 is 17.7 Å². The van der Waals surface area contributed by atoms with E-state index in [4.69, 9.17) is 14.5 Å². The number of para-hydroxylation sites is 2. The van der Waals surface area contributed by atoms with Crippen LogP contribution in [0.2, 0.25) is 0 Å². The minimum absolute atomic E-state index is 0.125. The molecule has 0 fully saturated rings. The van der Waals surface area contributed by atoms with E-state index in [1.165, 1.54) is 0 Å². The van der Waals surface area contributed by atoms with Crippen molar-refractivity contribution in [2.75, 3.05) is 0 Å². The van der Waals surface area contributed by atoms with Crippen molar-refractivity contribution >= 4 is 44.4 Å². The van der Waals surface area contributed by atoms with Crippen LogP contribution in [0.15, 0.2) is 65.5 Å². The normalized spacial score (nSPS) is 19.1. The Kier molecular flexibility index (Phi) is 5.24. The second kappa shape index (κ2) is 8.52. The van der Waals surface area contributed by atoms with Crippen molar-refractivity contribution in [1.29, 1.82) is 0 Å². The molecule has 11 heteroatoms. The lowest BCUT2D eigenvalue weighted by Gasteiger charge is -2.39. The number of nitrogens with zero attached hydrogens (tertiary/aromatic N) is 3. The minimum atomic E-state index is -3.01. The third kappa shape index (κ3) is 3.32. The van der Waals surface area contributed by atoms with Crippen LogP contribution in [0, 0.1) is 0 Å². The molecule has 10 nitrogen and oxygen atoms in total. The summed E-state index contributed by atoms with van der Waals surface area (Å²) >= 11 is 0.933. The highest BCUT2D eigenvalue weighted by Gasteiger charge is 2.57. The highest BCUT2D eigenvalue weighted by Crippen LogP contribution is 2.45. The van der Waals surface area contributed by atoms with Crippen molar-refractivity contribution in [2.24, 2.45) is 0 Å². The Bertz CT molecular complexity index is 1930. The van der Waals surface area contributed by atoms with Crippen LogP contribution in [-0.2, 0) is 43.6 Å². The topological polar surface area (TPSA) is 141 Å². The number of ether oxygens (including phenoxy) is 2. The fourth-order valence-electron chi connectivity index (χ4n) is 5.53. The zero-order valence-electron chi connectivity index (χ0n) is 21.1. The Morgan fingerprint density at radius 2 is 1.88 bits per heavy atom. The van der Waals surface area contributed by atoms with Crippen molar-refractivity contribution < 1.29 is 29.3 Å². The van der Waals surface area contributed by atoms with E-state index in [1.807, 2.05) is 30.3 Å². The standard InChI is InChI=1S/C29H21N3O7S/c1-2-28(39-29(37,26(34)35)25-31-20-9-5-6-10-22(20)40-25)18-12-21-23-16(11-15-7-3-4-8-19(15)30-23)13-32(21)24(33)17(18)14-38-27(28)36/h3-12,37H,2,13-14H2,1H3,(H,34,35)/t28-,29?/m0/s1. The number of carboxylic acid groups (broad SMARTS) is 1. The maximum atomic E-state index is 13.8. The van der Waals surface area contributed by atoms with Gasteiger partial charge in [-0.15, -0.1) is 11.3 Å². The van der Waals surface area contributed by atoms with Gasteiger partial charge in [-0.1, -0.05) is 37.3 Å². The molecule has 2 N–H and O–H groups in total. The third-order valence-electron chi connectivity index (χ3n) is 7.58. The zero-order chi connectivity index (χ0) is 27.8. The summed E-state index contributed by atoms with van der Waals surface area (Å²) in [7, 11) is 0. The fourth-order valence-corrected chi connectivity index (χ4v) is 6.52. The summed E-state index contributed by atoms with van der Waals surface area (Å²) in [5.41, 5.74) is 0.898. The van der Waals surface area contributed by atoms with E-state index in [1.54, 1.807) is 41.8 Å². The fraction of sp³-hybridized carbons (Fsp3) is 0.207. The van der Waals surface area contributed by atoms with E-state index >= 15 is 0 Å². The highest BCUT2D eigenvalue weighted by atomic mass is 32.1. The molecule has 5 heterocycles. The van der Waals surface area contributed by atoms with Gasteiger partial charge < -0.3 is 24.3 Å². The molecule has 0 saturated carbocycles. The number of fused-ring (bicyclic) bond motifs is 6. The first-order chi connectivity index (χ1) is 19.2. The average molecular weight is 556 g/mol. The highest BCUT2D eigenvalue weighted by molar-refractivity contribution is 7.18. The predicted molar refractivity (Wildman–Crippen MR) is 145 cm³/mol. The lowest BCUT2D eigenvalue weighted by molar-refractivity contribution is -0.280. The molecule has 7 rings (SSSR count). The Labute approximate surface area is 230 Å². The first kappa shape index (κ1) is 24.6. The molecule has 0 amide bonds. The van der Waals surface area contributed by atoms with Gasteiger partial charge in [0.2, 0.25) is 0 Å². The van der Waals surface area contributed by atoms with Crippen LogP contribution in [-0.4, -0.2) is 36.7 Å². The number of esters is 1. The molecule has 3 aromatic heterocycles. The molecule has 5 aromatic rings. The molecule has 200 valence electrons. The van der Waals surface area contributed by atoms with Gasteiger partial charge in [-0.05, 0) is 36.8 Å². The summed E-state index contributed by atoms with van der Waals surface area (Å²) in [5, 5.41) is 22.4. The van der Waals surface area contributed by atoms with Gasteiger partial charge in [0.15, 0.2) is 10.6 Å². The maximum absolute atomic E-state index is 13.8. The van der Waals surface area contributed by atoms with Gasteiger partial charge in [-0.25, -0.2) is 19.6 Å². The molecule has 2 aliphatic heterocycles. The van der Waals surface area contributed by atoms with Crippen LogP contribution >= 0.6 is 11.3 Å². The molecular formula is C29H21N3O7S. The average Bonchev–Trinajstić information content (AvgIpc) is 3.55. The molecule has 0 bridgehead atoms. The number of hydrogen-bond donors (Lipinski definition) is 2. The summed E-state index contributed by atoms with van der Waals surface area (Å²) < 4.78 is 13.6. The summed E-state index contributed by atoms with van der Waals surface area (Å²) in [6.45, 7) is 1.58. The molecule has 2 aromatic carbocycles. The lowest BCUT2D eigenvalue weighted by atomic mass is 9.85. The third-order valence-corrected chi connectivity index (χ3v) is 8.71. The van der Waals surface area contributed by atoms with Crippen molar-refractivity contribution in [3.8, 4) is 11.4 Å². The van der Waals surface area contributed by atoms with Gasteiger partial charge in [0.05, 0.1) is 39.2 Å². The van der Waals surface area contributed by atoms with Crippen molar-refractivity contribution in [3.05, 3.63) is 92.7 Å². The quantitative estimate of drug-likeness (QED) is 0.241. The zero-order valence-corrected chi connectivity index (χ0v) is 21.9. The number of carbonyl (C=O) groups is 2. The maximum Gasteiger partial charge on any atom is 0.372 e. The number of aliphatic hydroxyl groups is 1. The van der Waals surface area contributed by atoms with Crippen LogP contribution in [0.5, 0.6) is 0 Å². The van der Waals surface area contributed by atoms with E-state index < -0.39 is 28.9 Å². The van der Waals surface area contributed by atoms with Crippen LogP contribution in [0.4, 0.5) is 0 Å². The Hall–Kier alpha value is -4.45. The Morgan fingerprint density at radius 3 is 2.62 bits per heavy atom. The number of pyridine rings is 2. The van der Waals surface area contributed by atoms with Gasteiger partial charge in [-0.2, -0.15) is 0 Å². The number of benzene rings is 2. The van der Waals surface area contributed by atoms with E-state index in [9.17, 15) is 24.6 Å². The van der Waals surface area contributed by atoms with Gasteiger partial charge in [0.1, 0.15) is 6.61 Å². The molecule has 1 unspecified atom stereocenters. The monoisotopic (exact) mass is 555 g/mol. The smallest absolute Gasteiger partial charge is 0.372 e. The SMILES string of the molecule is CC[C@@]1(OC(O)(C(=O)O)c2nc3ccccc3s2)C(=O)OCc2c1cc1n(c2=O)Cc2cc3ccccc3nc2-1. The number of cyclic esters (lactones) is 1. The van der Waals surface area contributed by atoms with E-state index in [2.05, 4.69) is 4.98 Å². The van der Waals surface area contributed by atoms with Crippen LogP contribution in [0.1, 0.15) is 35.0 Å². The number of aliphatic carboxylic acids is 1. The number of aromatic nitrogens is 3. The molecule has 0 radical (unpaired) electrons. The molecule has 0 aliphatic carbocycles. The van der Waals surface area contributed by atoms with Crippen molar-refractivity contribution in [2.45, 2.75) is 37.9 Å². The molecule has 0 saturated heterocycles. The number of hydrogen-bond acceptors (Lipinski definition) is 9. The van der Waals surface area contributed by atoms with E-state index in [-0.39, 0.29) is 35.7 Å². The number of thiazole rings is 1. The summed E-state index contributed by atoms with van der Waals surface area (Å²) in [5.74, 6) is -5.66. The first-order valence-corrected chi connectivity index (χ1v) is 13.4. The lowest BCUT2D eigenvalue weighted by Crippen LogP contribution is -2.53. The van der Waals surface area contributed by atoms with Gasteiger partial charge in [-0.3, -0.25) is 4.79 Å². The Balaban J connectivity index is 1.43. The van der Waals surface area contributed by atoms with Crippen molar-refractivity contribution in [3.63, 3.8) is 0 Å².